The molecule has 1 aliphatic heterocycles. The van der Waals surface area contributed by atoms with Gasteiger partial charge < -0.3 is 40.3 Å². The molecule has 0 aromatic carbocycles. The van der Waals surface area contributed by atoms with Gasteiger partial charge in [-0.25, -0.2) is 0 Å². The minimum absolute atomic E-state index is 0.141. The largest absolute Gasteiger partial charge is 0.394 e. The summed E-state index contributed by atoms with van der Waals surface area (Å²) in [5.41, 5.74) is 0. The number of ether oxygens (including phenoxy) is 2. The number of unbranched alkanes of at least 4 members (excludes halogenated alkanes) is 27. The fourth-order valence-corrected chi connectivity index (χ4v) is 8.18. The van der Waals surface area contributed by atoms with Gasteiger partial charge in [-0.05, 0) is 44.9 Å². The number of amides is 1. The molecule has 1 rings (SSSR count). The van der Waals surface area contributed by atoms with Gasteiger partial charge in [-0.15, -0.1) is 0 Å². The smallest absolute Gasteiger partial charge is 0.220 e. The lowest BCUT2D eigenvalue weighted by atomic mass is 9.99. The first-order valence-electron chi connectivity index (χ1n) is 25.7. The number of aliphatic hydroxyl groups excluding tert-OH is 5. The number of hydrogen-bond acceptors (Lipinski definition) is 8. The zero-order valence-corrected chi connectivity index (χ0v) is 39.4. The highest BCUT2D eigenvalue weighted by atomic mass is 16.7. The van der Waals surface area contributed by atoms with Gasteiger partial charge >= 0.3 is 0 Å². The van der Waals surface area contributed by atoms with Crippen LogP contribution < -0.4 is 5.32 Å². The predicted octanol–water partition coefficient (Wildman–Crippen LogP) is 11.6. The lowest BCUT2D eigenvalue weighted by Crippen LogP contribution is -2.60. The van der Waals surface area contributed by atoms with E-state index in [1.807, 2.05) is 0 Å². The molecule has 7 atom stereocenters. The molecule has 0 radical (unpaired) electrons. The summed E-state index contributed by atoms with van der Waals surface area (Å²) in [7, 11) is 0. The third-order valence-electron chi connectivity index (χ3n) is 12.3. The molecule has 1 saturated heterocycles. The standard InChI is InChI=1S/C52H97NO8/c1-3-5-7-9-11-13-15-17-19-21-22-23-24-26-27-29-31-33-35-37-39-41-46(55)45(44-60-52-51(59)50(58)49(57)47(43-54)61-52)53-48(56)42-40-38-36-34-32-30-28-25-20-18-16-14-12-10-8-6-4-2/h6,8,12,14,18,20,45-47,49-52,54-55,57-59H,3-5,7,9-11,13,15-17,19,21-44H2,1-2H3,(H,53,56)/b8-6-,14-12-,20-18-. The van der Waals surface area contributed by atoms with Crippen LogP contribution in [0, 0.1) is 0 Å². The van der Waals surface area contributed by atoms with Gasteiger partial charge in [-0.3, -0.25) is 4.79 Å². The van der Waals surface area contributed by atoms with Crippen molar-refractivity contribution in [2.24, 2.45) is 0 Å². The molecular weight excluding hydrogens is 767 g/mol. The highest BCUT2D eigenvalue weighted by Crippen LogP contribution is 2.23. The van der Waals surface area contributed by atoms with Crippen LogP contribution in [0.4, 0.5) is 0 Å². The Labute approximate surface area is 374 Å². The molecule has 1 aliphatic rings. The molecule has 6 N–H and O–H groups in total. The van der Waals surface area contributed by atoms with Gasteiger partial charge in [0.1, 0.15) is 24.4 Å². The molecule has 0 aliphatic carbocycles. The van der Waals surface area contributed by atoms with E-state index in [0.717, 1.165) is 70.6 Å². The molecule has 0 spiro atoms. The molecule has 1 amide bonds. The van der Waals surface area contributed by atoms with E-state index in [9.17, 15) is 30.3 Å². The fraction of sp³-hybridized carbons (Fsp3) is 0.865. The maximum absolute atomic E-state index is 13.0. The molecule has 0 bridgehead atoms. The zero-order chi connectivity index (χ0) is 44.4. The van der Waals surface area contributed by atoms with Gasteiger partial charge in [0.05, 0.1) is 25.4 Å². The monoisotopic (exact) mass is 864 g/mol. The summed E-state index contributed by atoms with van der Waals surface area (Å²) in [6, 6.07) is -0.724. The van der Waals surface area contributed by atoms with Gasteiger partial charge in [-0.2, -0.15) is 0 Å². The van der Waals surface area contributed by atoms with Crippen molar-refractivity contribution < 1.29 is 39.8 Å². The average Bonchev–Trinajstić information content (AvgIpc) is 3.26. The first kappa shape index (κ1) is 57.4. The Morgan fingerprint density at radius 1 is 0.574 bits per heavy atom. The summed E-state index contributed by atoms with van der Waals surface area (Å²) < 4.78 is 11.3. The van der Waals surface area contributed by atoms with Crippen LogP contribution in [0.25, 0.3) is 0 Å². The summed E-state index contributed by atoms with van der Waals surface area (Å²) >= 11 is 0. The predicted molar refractivity (Wildman–Crippen MR) is 253 cm³/mol. The highest BCUT2D eigenvalue weighted by molar-refractivity contribution is 5.76. The minimum atomic E-state index is -1.56. The van der Waals surface area contributed by atoms with Gasteiger partial charge in [-0.1, -0.05) is 217 Å². The van der Waals surface area contributed by atoms with Gasteiger partial charge in [0.2, 0.25) is 5.91 Å². The van der Waals surface area contributed by atoms with E-state index in [1.165, 1.54) is 135 Å². The Hall–Kier alpha value is -1.59. The second-order valence-electron chi connectivity index (χ2n) is 17.9. The molecule has 9 nitrogen and oxygen atoms in total. The van der Waals surface area contributed by atoms with Crippen LogP contribution in [0.1, 0.15) is 232 Å². The van der Waals surface area contributed by atoms with Crippen molar-refractivity contribution in [2.45, 2.75) is 275 Å². The normalized spacial score (nSPS) is 20.7. The third-order valence-corrected chi connectivity index (χ3v) is 12.3. The fourth-order valence-electron chi connectivity index (χ4n) is 8.18. The van der Waals surface area contributed by atoms with Crippen molar-refractivity contribution in [1.29, 1.82) is 0 Å². The van der Waals surface area contributed by atoms with E-state index in [0.29, 0.717) is 12.8 Å². The van der Waals surface area contributed by atoms with Crippen LogP contribution in [0.2, 0.25) is 0 Å². The number of nitrogens with one attached hydrogen (secondary N) is 1. The highest BCUT2D eigenvalue weighted by Gasteiger charge is 2.44. The lowest BCUT2D eigenvalue weighted by molar-refractivity contribution is -0.302. The molecule has 0 aromatic rings. The molecular formula is C52H97NO8. The summed E-state index contributed by atoms with van der Waals surface area (Å²) in [4.78, 5) is 13.0. The van der Waals surface area contributed by atoms with E-state index >= 15 is 0 Å². The molecule has 61 heavy (non-hydrogen) atoms. The quantitative estimate of drug-likeness (QED) is 0.0262. The van der Waals surface area contributed by atoms with Crippen molar-refractivity contribution in [3.05, 3.63) is 36.5 Å². The van der Waals surface area contributed by atoms with Crippen molar-refractivity contribution >= 4 is 5.91 Å². The molecule has 0 aromatic heterocycles. The van der Waals surface area contributed by atoms with E-state index in [-0.39, 0.29) is 12.5 Å². The Balaban J connectivity index is 2.27. The number of hydrogen-bond donors (Lipinski definition) is 6. The second-order valence-corrected chi connectivity index (χ2v) is 17.9. The second kappa shape index (κ2) is 42.4. The molecule has 1 fully saturated rings. The first-order chi connectivity index (χ1) is 29.8. The SMILES string of the molecule is CC/C=C\C/C=C\C/C=C\CCCCCCCCCC(=O)NC(COC1OC(CO)C(O)C(O)C1O)C(O)CCCCCCCCCCCCCCCCCCCCCCC. The molecule has 0 saturated carbocycles. The van der Waals surface area contributed by atoms with Crippen LogP contribution in [0.5, 0.6) is 0 Å². The topological polar surface area (TPSA) is 149 Å². The van der Waals surface area contributed by atoms with Crippen molar-refractivity contribution in [2.75, 3.05) is 13.2 Å². The summed E-state index contributed by atoms with van der Waals surface area (Å²) in [5, 5.41) is 54.5. The van der Waals surface area contributed by atoms with Gasteiger partial charge in [0, 0.05) is 6.42 Å². The number of aliphatic hydroxyl groups is 5. The Bertz CT molecular complexity index is 1050. The Morgan fingerprint density at radius 3 is 1.51 bits per heavy atom. The molecule has 358 valence electrons. The number of carbonyl (C=O) groups is 1. The van der Waals surface area contributed by atoms with Crippen molar-refractivity contribution in [1.82, 2.24) is 5.32 Å². The van der Waals surface area contributed by atoms with Crippen molar-refractivity contribution in [3.8, 4) is 0 Å². The summed E-state index contributed by atoms with van der Waals surface area (Å²) in [6.45, 7) is 3.73. The van der Waals surface area contributed by atoms with E-state index in [2.05, 4.69) is 55.6 Å². The van der Waals surface area contributed by atoms with Crippen LogP contribution in [-0.2, 0) is 14.3 Å². The number of carbonyl (C=O) groups excluding carboxylic acids is 1. The minimum Gasteiger partial charge on any atom is -0.394 e. The summed E-state index contributed by atoms with van der Waals surface area (Å²) in [6.07, 6.45) is 45.8. The Morgan fingerprint density at radius 2 is 1.02 bits per heavy atom. The van der Waals surface area contributed by atoms with Crippen LogP contribution in [0.3, 0.4) is 0 Å². The van der Waals surface area contributed by atoms with E-state index < -0.39 is 49.5 Å². The van der Waals surface area contributed by atoms with Gasteiger partial charge in [0.25, 0.3) is 0 Å². The van der Waals surface area contributed by atoms with E-state index in [4.69, 9.17) is 9.47 Å². The summed E-state index contributed by atoms with van der Waals surface area (Å²) in [5.74, 6) is -0.153. The average molecular weight is 864 g/mol. The Kier molecular flexibility index (Phi) is 39.9. The van der Waals surface area contributed by atoms with Gasteiger partial charge in [0.15, 0.2) is 6.29 Å². The number of allylic oxidation sites excluding steroid dienone is 6. The molecule has 7 unspecified atom stereocenters. The maximum atomic E-state index is 13.0. The lowest BCUT2D eigenvalue weighted by Gasteiger charge is -2.40. The molecule has 9 heteroatoms. The van der Waals surface area contributed by atoms with Crippen molar-refractivity contribution in [3.63, 3.8) is 0 Å². The van der Waals surface area contributed by atoms with E-state index in [1.54, 1.807) is 0 Å². The maximum Gasteiger partial charge on any atom is 0.220 e. The van der Waals surface area contributed by atoms with Crippen LogP contribution >= 0.6 is 0 Å². The zero-order valence-electron chi connectivity index (χ0n) is 39.4. The third kappa shape index (κ3) is 32.7. The first-order valence-corrected chi connectivity index (χ1v) is 25.7. The van der Waals surface area contributed by atoms with Crippen LogP contribution in [0.15, 0.2) is 36.5 Å². The van der Waals surface area contributed by atoms with Crippen LogP contribution in [-0.4, -0.2) is 87.5 Å². The molecule has 1 heterocycles. The number of rotatable bonds is 43.